The Morgan fingerprint density at radius 2 is 2.00 bits per heavy atom. The van der Waals surface area contributed by atoms with Gasteiger partial charge in [-0.05, 0) is 42.6 Å². The van der Waals surface area contributed by atoms with E-state index in [-0.39, 0.29) is 5.82 Å². The molecule has 13 heavy (non-hydrogen) atoms. The first-order valence-electron chi connectivity index (χ1n) is 4.48. The first-order chi connectivity index (χ1) is 6.33. The lowest BCUT2D eigenvalue weighted by Crippen LogP contribution is -2.04. The van der Waals surface area contributed by atoms with Gasteiger partial charge in [0.05, 0.1) is 0 Å². The van der Waals surface area contributed by atoms with E-state index in [1.807, 2.05) is 0 Å². The third kappa shape index (κ3) is 4.29. The summed E-state index contributed by atoms with van der Waals surface area (Å²) >= 11 is 1.55. The maximum Gasteiger partial charge on any atom is 0.123 e. The molecular weight excluding hydrogens is 185 g/mol. The van der Waals surface area contributed by atoms with Crippen LogP contribution in [-0.4, -0.2) is 6.54 Å². The third-order valence-corrected chi connectivity index (χ3v) is 2.49. The van der Waals surface area contributed by atoms with Gasteiger partial charge in [-0.3, -0.25) is 4.72 Å². The minimum Gasteiger partial charge on any atom is -0.260 e. The number of hydrogen-bond donors (Lipinski definition) is 1. The van der Waals surface area contributed by atoms with Crippen LogP contribution in [0.15, 0.2) is 29.2 Å². The summed E-state index contributed by atoms with van der Waals surface area (Å²) in [4.78, 5) is 1.05. The highest BCUT2D eigenvalue weighted by Gasteiger charge is 1.93. The smallest absolute Gasteiger partial charge is 0.123 e. The van der Waals surface area contributed by atoms with Gasteiger partial charge < -0.3 is 0 Å². The van der Waals surface area contributed by atoms with Crippen LogP contribution in [0.25, 0.3) is 0 Å². The minimum atomic E-state index is -0.182. The average molecular weight is 199 g/mol. The average Bonchev–Trinajstić information content (AvgIpc) is 2.15. The molecule has 0 aromatic heterocycles. The van der Waals surface area contributed by atoms with Gasteiger partial charge in [-0.25, -0.2) is 4.39 Å². The summed E-state index contributed by atoms with van der Waals surface area (Å²) in [6, 6.07) is 6.51. The molecular formula is C10H14FNS. The molecule has 0 amide bonds. The van der Waals surface area contributed by atoms with E-state index in [2.05, 4.69) is 11.6 Å². The highest BCUT2D eigenvalue weighted by molar-refractivity contribution is 7.97. The van der Waals surface area contributed by atoms with E-state index >= 15 is 0 Å². The lowest BCUT2D eigenvalue weighted by molar-refractivity contribution is 0.626. The Bertz CT molecular complexity index is 235. The van der Waals surface area contributed by atoms with E-state index in [4.69, 9.17) is 0 Å². The van der Waals surface area contributed by atoms with Crippen LogP contribution < -0.4 is 4.72 Å². The first kappa shape index (κ1) is 10.5. The summed E-state index contributed by atoms with van der Waals surface area (Å²) in [5, 5.41) is 0. The molecule has 3 heteroatoms. The second kappa shape index (κ2) is 6.00. The predicted molar refractivity (Wildman–Crippen MR) is 55.2 cm³/mol. The Balaban J connectivity index is 2.25. The van der Waals surface area contributed by atoms with E-state index in [0.717, 1.165) is 11.4 Å². The highest BCUT2D eigenvalue weighted by Crippen LogP contribution is 2.14. The van der Waals surface area contributed by atoms with Crippen LogP contribution in [0.1, 0.15) is 19.8 Å². The van der Waals surface area contributed by atoms with Gasteiger partial charge in [0, 0.05) is 11.4 Å². The topological polar surface area (TPSA) is 12.0 Å². The summed E-state index contributed by atoms with van der Waals surface area (Å²) < 4.78 is 15.7. The zero-order valence-corrected chi connectivity index (χ0v) is 8.53. The molecule has 0 aliphatic heterocycles. The van der Waals surface area contributed by atoms with E-state index in [0.29, 0.717) is 0 Å². The highest BCUT2D eigenvalue weighted by atomic mass is 32.2. The lowest BCUT2D eigenvalue weighted by atomic mass is 10.3. The molecule has 72 valence electrons. The number of unbranched alkanes of at least 4 members (excludes halogenated alkanes) is 1. The molecule has 0 bridgehead atoms. The van der Waals surface area contributed by atoms with Crippen LogP contribution in [0, 0.1) is 5.82 Å². The molecule has 1 nitrogen and oxygen atoms in total. The molecule has 0 saturated heterocycles. The fraction of sp³-hybridized carbons (Fsp3) is 0.400. The Labute approximate surface area is 82.9 Å². The molecule has 1 aromatic rings. The van der Waals surface area contributed by atoms with E-state index in [1.54, 1.807) is 24.1 Å². The van der Waals surface area contributed by atoms with Crippen molar-refractivity contribution < 1.29 is 4.39 Å². The largest absolute Gasteiger partial charge is 0.260 e. The molecule has 0 aliphatic rings. The molecule has 1 rings (SSSR count). The zero-order valence-electron chi connectivity index (χ0n) is 7.72. The van der Waals surface area contributed by atoms with Crippen LogP contribution in [0.2, 0.25) is 0 Å². The number of hydrogen-bond acceptors (Lipinski definition) is 2. The molecule has 1 aromatic carbocycles. The van der Waals surface area contributed by atoms with Crippen molar-refractivity contribution in [2.45, 2.75) is 24.7 Å². The van der Waals surface area contributed by atoms with E-state index in [1.165, 1.54) is 25.0 Å². The van der Waals surface area contributed by atoms with Gasteiger partial charge in [-0.1, -0.05) is 13.3 Å². The number of nitrogens with one attached hydrogen (secondary N) is 1. The third-order valence-electron chi connectivity index (χ3n) is 1.64. The van der Waals surface area contributed by atoms with Gasteiger partial charge in [-0.15, -0.1) is 0 Å². The molecule has 1 N–H and O–H groups in total. The quantitative estimate of drug-likeness (QED) is 0.577. The van der Waals surface area contributed by atoms with Crippen molar-refractivity contribution in [2.24, 2.45) is 0 Å². The van der Waals surface area contributed by atoms with Gasteiger partial charge >= 0.3 is 0 Å². The first-order valence-corrected chi connectivity index (χ1v) is 5.30. The molecule has 0 spiro atoms. The predicted octanol–water partition coefficient (Wildman–Crippen LogP) is 3.22. The van der Waals surface area contributed by atoms with Crippen molar-refractivity contribution in [3.63, 3.8) is 0 Å². The maximum absolute atomic E-state index is 12.5. The molecule has 0 saturated carbocycles. The Morgan fingerprint density at radius 1 is 1.31 bits per heavy atom. The van der Waals surface area contributed by atoms with Gasteiger partial charge in [0.1, 0.15) is 5.82 Å². The Kier molecular flexibility index (Phi) is 4.86. The summed E-state index contributed by atoms with van der Waals surface area (Å²) in [6.45, 7) is 3.16. The second-order valence-electron chi connectivity index (χ2n) is 2.80. The van der Waals surface area contributed by atoms with Gasteiger partial charge in [0.25, 0.3) is 0 Å². The van der Waals surface area contributed by atoms with Crippen LogP contribution in [0.4, 0.5) is 4.39 Å². The van der Waals surface area contributed by atoms with Crippen molar-refractivity contribution in [2.75, 3.05) is 6.54 Å². The molecule has 0 radical (unpaired) electrons. The second-order valence-corrected chi connectivity index (χ2v) is 3.77. The van der Waals surface area contributed by atoms with Gasteiger partial charge in [0.2, 0.25) is 0 Å². The van der Waals surface area contributed by atoms with E-state index < -0.39 is 0 Å². The van der Waals surface area contributed by atoms with Crippen molar-refractivity contribution in [1.82, 2.24) is 4.72 Å². The van der Waals surface area contributed by atoms with Crippen molar-refractivity contribution >= 4 is 11.9 Å². The minimum absolute atomic E-state index is 0.182. The molecule has 0 heterocycles. The number of benzene rings is 1. The SMILES string of the molecule is CCCCNSc1ccc(F)cc1. The summed E-state index contributed by atoms with van der Waals surface area (Å²) in [6.07, 6.45) is 2.37. The van der Waals surface area contributed by atoms with Gasteiger partial charge in [-0.2, -0.15) is 0 Å². The van der Waals surface area contributed by atoms with Crippen molar-refractivity contribution in [3.8, 4) is 0 Å². The lowest BCUT2D eigenvalue weighted by Gasteiger charge is -2.02. The van der Waals surface area contributed by atoms with E-state index in [9.17, 15) is 4.39 Å². The van der Waals surface area contributed by atoms with Crippen LogP contribution >= 0.6 is 11.9 Å². The van der Waals surface area contributed by atoms with Crippen LogP contribution in [-0.2, 0) is 0 Å². The summed E-state index contributed by atoms with van der Waals surface area (Å²) in [7, 11) is 0. The normalized spacial score (nSPS) is 10.3. The molecule has 0 aliphatic carbocycles. The van der Waals surface area contributed by atoms with Gasteiger partial charge in [0.15, 0.2) is 0 Å². The fourth-order valence-corrected chi connectivity index (χ4v) is 1.57. The molecule has 0 fully saturated rings. The van der Waals surface area contributed by atoms with Crippen LogP contribution in [0.3, 0.4) is 0 Å². The maximum atomic E-state index is 12.5. The summed E-state index contributed by atoms with van der Waals surface area (Å²) in [5.74, 6) is -0.182. The van der Waals surface area contributed by atoms with Crippen LogP contribution in [0.5, 0.6) is 0 Å². The fourth-order valence-electron chi connectivity index (χ4n) is 0.886. The zero-order chi connectivity index (χ0) is 9.52. The molecule has 0 unspecified atom stereocenters. The monoisotopic (exact) mass is 199 g/mol. The number of halogens is 1. The summed E-state index contributed by atoms with van der Waals surface area (Å²) in [5.41, 5.74) is 0. The Morgan fingerprint density at radius 3 is 2.62 bits per heavy atom. The van der Waals surface area contributed by atoms with Crippen molar-refractivity contribution in [1.29, 1.82) is 0 Å². The standard InChI is InChI=1S/C10H14FNS/c1-2-3-8-12-13-10-6-4-9(11)5-7-10/h4-7,12H,2-3,8H2,1H3. The van der Waals surface area contributed by atoms with Crippen molar-refractivity contribution in [3.05, 3.63) is 30.1 Å². The number of rotatable bonds is 5. The molecule has 0 atom stereocenters. The Hall–Kier alpha value is -0.540.